The smallest absolute Gasteiger partial charge is 0.223 e. The van der Waals surface area contributed by atoms with Crippen LogP contribution in [0.25, 0.3) is 11.4 Å². The highest BCUT2D eigenvalue weighted by Gasteiger charge is 2.06. The molecule has 6 heteroatoms. The molecule has 0 amide bonds. The third-order valence-electron chi connectivity index (χ3n) is 2.63. The van der Waals surface area contributed by atoms with E-state index in [0.717, 1.165) is 5.56 Å². The highest BCUT2D eigenvalue weighted by atomic mass is 16.5. The van der Waals surface area contributed by atoms with Crippen molar-refractivity contribution in [2.24, 2.45) is 0 Å². The van der Waals surface area contributed by atoms with Crippen molar-refractivity contribution in [3.05, 3.63) is 36.2 Å². The molecule has 2 N–H and O–H groups in total. The molecule has 2 rings (SSSR count). The van der Waals surface area contributed by atoms with Gasteiger partial charge in [0.1, 0.15) is 5.82 Å². The van der Waals surface area contributed by atoms with Crippen LogP contribution in [0, 0.1) is 0 Å². The molecule has 0 radical (unpaired) electrons. The average Bonchev–Trinajstić information content (AvgIpc) is 2.47. The third-order valence-corrected chi connectivity index (χ3v) is 2.63. The fourth-order valence-electron chi connectivity index (χ4n) is 1.67. The first-order valence-corrected chi connectivity index (χ1v) is 6.42. The number of ether oxygens (including phenoxy) is 2. The van der Waals surface area contributed by atoms with Crippen LogP contribution in [0.15, 0.2) is 30.3 Å². The van der Waals surface area contributed by atoms with Crippen LogP contribution in [0.1, 0.15) is 5.82 Å². The lowest BCUT2D eigenvalue weighted by Gasteiger charge is -2.06. The second-order valence-corrected chi connectivity index (χ2v) is 4.15. The molecule has 1 heterocycles. The van der Waals surface area contributed by atoms with Crippen molar-refractivity contribution in [1.29, 1.82) is 0 Å². The molecule has 0 atom stereocenters. The van der Waals surface area contributed by atoms with Crippen molar-refractivity contribution < 1.29 is 9.47 Å². The van der Waals surface area contributed by atoms with Gasteiger partial charge in [0.05, 0.1) is 19.8 Å². The Bertz CT molecular complexity index is 534. The minimum absolute atomic E-state index is 0.228. The van der Waals surface area contributed by atoms with E-state index < -0.39 is 0 Å². The lowest BCUT2D eigenvalue weighted by Crippen LogP contribution is -2.09. The Morgan fingerprint density at radius 1 is 1.00 bits per heavy atom. The third kappa shape index (κ3) is 4.25. The van der Waals surface area contributed by atoms with E-state index in [1.807, 2.05) is 30.3 Å². The predicted molar refractivity (Wildman–Crippen MR) is 76.1 cm³/mol. The van der Waals surface area contributed by atoms with E-state index in [1.54, 1.807) is 7.11 Å². The van der Waals surface area contributed by atoms with E-state index in [4.69, 9.17) is 15.2 Å². The fourth-order valence-corrected chi connectivity index (χ4v) is 1.67. The van der Waals surface area contributed by atoms with Gasteiger partial charge in [-0.2, -0.15) is 9.97 Å². The van der Waals surface area contributed by atoms with E-state index in [9.17, 15) is 0 Å². The first kappa shape index (κ1) is 14.4. The van der Waals surface area contributed by atoms with Crippen LogP contribution < -0.4 is 5.73 Å². The normalized spacial score (nSPS) is 10.7. The van der Waals surface area contributed by atoms with Crippen LogP contribution in [-0.4, -0.2) is 41.9 Å². The standard InChI is InChI=1S/C14H18N4O2/c1-19-9-10-20-8-7-12-16-13(18-14(15)17-12)11-5-3-2-4-6-11/h2-6H,7-10H2,1H3,(H2,15,16,17,18). The minimum Gasteiger partial charge on any atom is -0.382 e. The van der Waals surface area contributed by atoms with E-state index in [2.05, 4.69) is 15.0 Å². The van der Waals surface area contributed by atoms with Crippen LogP contribution in [0.3, 0.4) is 0 Å². The molecule has 0 unspecified atom stereocenters. The van der Waals surface area contributed by atoms with Crippen LogP contribution in [0.2, 0.25) is 0 Å². The van der Waals surface area contributed by atoms with Gasteiger partial charge < -0.3 is 15.2 Å². The van der Waals surface area contributed by atoms with E-state index in [0.29, 0.717) is 37.9 Å². The molecule has 0 aliphatic carbocycles. The number of hydrogen-bond donors (Lipinski definition) is 1. The Labute approximate surface area is 118 Å². The summed E-state index contributed by atoms with van der Waals surface area (Å²) < 4.78 is 10.3. The maximum Gasteiger partial charge on any atom is 0.223 e. The highest BCUT2D eigenvalue weighted by molar-refractivity contribution is 5.55. The topological polar surface area (TPSA) is 83.2 Å². The molecule has 6 nitrogen and oxygen atoms in total. The Balaban J connectivity index is 2.02. The zero-order valence-electron chi connectivity index (χ0n) is 11.5. The zero-order chi connectivity index (χ0) is 14.2. The summed E-state index contributed by atoms with van der Waals surface area (Å²) in [6.45, 7) is 1.66. The molecule has 1 aromatic heterocycles. The van der Waals surface area contributed by atoms with Gasteiger partial charge in [-0.3, -0.25) is 0 Å². The number of nitrogen functional groups attached to an aromatic ring is 1. The molecular formula is C14H18N4O2. The second kappa shape index (κ2) is 7.52. The summed E-state index contributed by atoms with van der Waals surface area (Å²) in [5.74, 6) is 1.45. The monoisotopic (exact) mass is 274 g/mol. The van der Waals surface area contributed by atoms with Gasteiger partial charge in [0.25, 0.3) is 0 Å². The summed E-state index contributed by atoms with van der Waals surface area (Å²) in [5.41, 5.74) is 6.65. The largest absolute Gasteiger partial charge is 0.382 e. The van der Waals surface area contributed by atoms with Crippen LogP contribution in [-0.2, 0) is 15.9 Å². The number of nitrogens with two attached hydrogens (primary N) is 1. The zero-order valence-corrected chi connectivity index (χ0v) is 11.5. The molecule has 0 aliphatic heterocycles. The second-order valence-electron chi connectivity index (χ2n) is 4.15. The summed E-state index contributed by atoms with van der Waals surface area (Å²) >= 11 is 0. The maximum absolute atomic E-state index is 5.73. The summed E-state index contributed by atoms with van der Waals surface area (Å²) in [4.78, 5) is 12.7. The number of benzene rings is 1. The molecule has 0 aliphatic rings. The number of aromatic nitrogens is 3. The summed E-state index contributed by atoms with van der Waals surface area (Å²) in [5, 5.41) is 0. The van der Waals surface area contributed by atoms with Gasteiger partial charge in [-0.05, 0) is 0 Å². The molecule has 106 valence electrons. The van der Waals surface area contributed by atoms with Crippen molar-refractivity contribution in [3.63, 3.8) is 0 Å². The maximum atomic E-state index is 5.73. The van der Waals surface area contributed by atoms with Crippen LogP contribution >= 0.6 is 0 Å². The highest BCUT2D eigenvalue weighted by Crippen LogP contribution is 2.14. The number of hydrogen-bond acceptors (Lipinski definition) is 6. The number of methoxy groups -OCH3 is 1. The summed E-state index contributed by atoms with van der Waals surface area (Å²) in [6.07, 6.45) is 0.594. The predicted octanol–water partition coefficient (Wildman–Crippen LogP) is 1.33. The summed E-state index contributed by atoms with van der Waals surface area (Å²) in [7, 11) is 1.64. The minimum atomic E-state index is 0.228. The van der Waals surface area contributed by atoms with Crippen LogP contribution in [0.5, 0.6) is 0 Å². The van der Waals surface area contributed by atoms with Crippen molar-refractivity contribution in [3.8, 4) is 11.4 Å². The Morgan fingerprint density at radius 2 is 1.80 bits per heavy atom. The van der Waals surface area contributed by atoms with Gasteiger partial charge in [0, 0.05) is 19.1 Å². The average molecular weight is 274 g/mol. The first-order valence-electron chi connectivity index (χ1n) is 6.42. The molecular weight excluding hydrogens is 256 g/mol. The Hall–Kier alpha value is -2.05. The quantitative estimate of drug-likeness (QED) is 0.767. The van der Waals surface area contributed by atoms with E-state index >= 15 is 0 Å². The first-order chi connectivity index (χ1) is 9.79. The molecule has 0 spiro atoms. The van der Waals surface area contributed by atoms with Crippen molar-refractivity contribution in [2.75, 3.05) is 32.7 Å². The van der Waals surface area contributed by atoms with Crippen molar-refractivity contribution in [1.82, 2.24) is 15.0 Å². The van der Waals surface area contributed by atoms with Gasteiger partial charge in [-0.1, -0.05) is 30.3 Å². The SMILES string of the molecule is COCCOCCc1nc(N)nc(-c2ccccc2)n1. The number of nitrogens with zero attached hydrogens (tertiary/aromatic N) is 3. The Kier molecular flexibility index (Phi) is 5.40. The Morgan fingerprint density at radius 3 is 2.55 bits per heavy atom. The van der Waals surface area contributed by atoms with E-state index in [1.165, 1.54) is 0 Å². The van der Waals surface area contributed by atoms with Gasteiger partial charge in [0.15, 0.2) is 5.82 Å². The molecule has 20 heavy (non-hydrogen) atoms. The van der Waals surface area contributed by atoms with Crippen molar-refractivity contribution in [2.45, 2.75) is 6.42 Å². The van der Waals surface area contributed by atoms with Crippen molar-refractivity contribution >= 4 is 5.95 Å². The van der Waals surface area contributed by atoms with Gasteiger partial charge >= 0.3 is 0 Å². The molecule has 2 aromatic rings. The molecule has 1 aromatic carbocycles. The van der Waals surface area contributed by atoms with Gasteiger partial charge in [-0.25, -0.2) is 4.98 Å². The molecule has 0 bridgehead atoms. The summed E-state index contributed by atoms with van der Waals surface area (Å²) in [6, 6.07) is 9.69. The molecule has 0 saturated carbocycles. The molecule has 0 fully saturated rings. The van der Waals surface area contributed by atoms with Gasteiger partial charge in [0.2, 0.25) is 5.95 Å². The van der Waals surface area contributed by atoms with Gasteiger partial charge in [-0.15, -0.1) is 0 Å². The number of anilines is 1. The van der Waals surface area contributed by atoms with E-state index in [-0.39, 0.29) is 5.95 Å². The molecule has 0 saturated heterocycles. The van der Waals surface area contributed by atoms with Crippen LogP contribution in [0.4, 0.5) is 5.95 Å². The fraction of sp³-hybridized carbons (Fsp3) is 0.357. The lowest BCUT2D eigenvalue weighted by atomic mass is 10.2. The number of rotatable bonds is 7. The lowest BCUT2D eigenvalue weighted by molar-refractivity contribution is 0.0716.